The van der Waals surface area contributed by atoms with E-state index in [-0.39, 0.29) is 0 Å². The zero-order valence-corrected chi connectivity index (χ0v) is 18.7. The zero-order valence-electron chi connectivity index (χ0n) is 17.0. The molecular formula is C22H22N4O2S2. The molecular weight excluding hydrogens is 416 g/mol. The molecule has 0 amide bonds. The summed E-state index contributed by atoms with van der Waals surface area (Å²) in [4.78, 5) is 4.80. The largest absolute Gasteiger partial charge is 0.493 e. The molecule has 0 bridgehead atoms. The van der Waals surface area contributed by atoms with Gasteiger partial charge in [0.15, 0.2) is 22.5 Å². The molecule has 6 nitrogen and oxygen atoms in total. The van der Waals surface area contributed by atoms with Gasteiger partial charge in [0.2, 0.25) is 0 Å². The van der Waals surface area contributed by atoms with Gasteiger partial charge in [-0.25, -0.2) is 4.98 Å². The van der Waals surface area contributed by atoms with E-state index in [1.807, 2.05) is 36.4 Å². The van der Waals surface area contributed by atoms with Gasteiger partial charge in [-0.05, 0) is 19.1 Å². The summed E-state index contributed by atoms with van der Waals surface area (Å²) < 4.78 is 13.1. The molecule has 2 aromatic heterocycles. The topological polar surface area (TPSA) is 62.1 Å². The molecule has 0 aliphatic heterocycles. The van der Waals surface area contributed by atoms with E-state index in [4.69, 9.17) is 14.5 Å². The molecule has 0 unspecified atom stereocenters. The summed E-state index contributed by atoms with van der Waals surface area (Å²) in [7, 11) is 3.28. The lowest BCUT2D eigenvalue weighted by molar-refractivity contribution is 0.356. The van der Waals surface area contributed by atoms with Crippen LogP contribution in [0, 0.1) is 0 Å². The third kappa shape index (κ3) is 4.06. The number of ether oxygens (including phenoxy) is 2. The van der Waals surface area contributed by atoms with Crippen LogP contribution in [-0.2, 0) is 12.3 Å². The predicted molar refractivity (Wildman–Crippen MR) is 121 cm³/mol. The van der Waals surface area contributed by atoms with Crippen molar-refractivity contribution in [2.45, 2.75) is 24.4 Å². The van der Waals surface area contributed by atoms with Gasteiger partial charge in [-0.3, -0.25) is 0 Å². The monoisotopic (exact) mass is 438 g/mol. The second kappa shape index (κ2) is 9.32. The van der Waals surface area contributed by atoms with E-state index in [0.29, 0.717) is 11.5 Å². The summed E-state index contributed by atoms with van der Waals surface area (Å²) in [5.41, 5.74) is 3.00. The second-order valence-corrected chi connectivity index (χ2v) is 8.19. The average molecular weight is 439 g/mol. The lowest BCUT2D eigenvalue weighted by Gasteiger charge is -2.10. The van der Waals surface area contributed by atoms with E-state index in [0.717, 1.165) is 45.1 Å². The fraction of sp³-hybridized carbons (Fsp3) is 0.227. The van der Waals surface area contributed by atoms with Gasteiger partial charge in [0.1, 0.15) is 5.01 Å². The molecule has 0 aliphatic carbocycles. The van der Waals surface area contributed by atoms with Crippen LogP contribution >= 0.6 is 23.1 Å². The van der Waals surface area contributed by atoms with Crippen LogP contribution in [0.5, 0.6) is 11.5 Å². The smallest absolute Gasteiger partial charge is 0.191 e. The fourth-order valence-corrected chi connectivity index (χ4v) is 5.01. The van der Waals surface area contributed by atoms with Crippen LogP contribution in [0.2, 0.25) is 0 Å². The van der Waals surface area contributed by atoms with E-state index >= 15 is 0 Å². The Hall–Kier alpha value is -2.84. The van der Waals surface area contributed by atoms with Crippen molar-refractivity contribution < 1.29 is 9.47 Å². The average Bonchev–Trinajstić information content (AvgIpc) is 3.44. The van der Waals surface area contributed by atoms with Crippen LogP contribution < -0.4 is 9.47 Å². The van der Waals surface area contributed by atoms with Crippen LogP contribution in [0.3, 0.4) is 0 Å². The lowest BCUT2D eigenvalue weighted by atomic mass is 10.2. The van der Waals surface area contributed by atoms with E-state index in [1.165, 1.54) is 0 Å². The minimum Gasteiger partial charge on any atom is -0.493 e. The van der Waals surface area contributed by atoms with E-state index < -0.39 is 0 Å². The summed E-state index contributed by atoms with van der Waals surface area (Å²) in [5.74, 6) is 3.01. The molecule has 0 spiro atoms. The Morgan fingerprint density at radius 3 is 2.57 bits per heavy atom. The highest BCUT2D eigenvalue weighted by molar-refractivity contribution is 7.98. The SMILES string of the molecule is CCn1c(SCc2csc(-c3cccc(OC)c3OC)n2)nnc1-c1ccccc1. The maximum absolute atomic E-state index is 5.55. The number of rotatable bonds is 8. The fourth-order valence-electron chi connectivity index (χ4n) is 3.17. The van der Waals surface area contributed by atoms with Gasteiger partial charge in [-0.2, -0.15) is 0 Å². The Morgan fingerprint density at radius 2 is 1.83 bits per heavy atom. The van der Waals surface area contributed by atoms with Crippen LogP contribution in [0.25, 0.3) is 22.0 Å². The molecule has 0 N–H and O–H groups in total. The first kappa shape index (κ1) is 20.4. The maximum atomic E-state index is 5.55. The summed E-state index contributed by atoms with van der Waals surface area (Å²) in [5, 5.41) is 12.7. The van der Waals surface area contributed by atoms with E-state index in [9.17, 15) is 0 Å². The highest BCUT2D eigenvalue weighted by atomic mass is 32.2. The number of methoxy groups -OCH3 is 2. The number of benzene rings is 2. The standard InChI is InChI=1S/C22H22N4O2S2/c1-4-26-20(15-9-6-5-7-10-15)24-25-22(26)30-14-16-13-29-21(23-16)17-11-8-12-18(27-2)19(17)28-3/h5-13H,4,14H2,1-3H3. The molecule has 8 heteroatoms. The number of thiazole rings is 1. The van der Waals surface area contributed by atoms with Crippen molar-refractivity contribution in [2.75, 3.05) is 14.2 Å². The maximum Gasteiger partial charge on any atom is 0.191 e. The molecule has 2 heterocycles. The lowest BCUT2D eigenvalue weighted by Crippen LogP contribution is -1.99. The Morgan fingerprint density at radius 1 is 1.00 bits per heavy atom. The Labute approximate surface area is 183 Å². The molecule has 0 radical (unpaired) electrons. The van der Waals surface area contributed by atoms with Crippen molar-refractivity contribution in [2.24, 2.45) is 0 Å². The third-order valence-corrected chi connectivity index (χ3v) is 6.52. The number of para-hydroxylation sites is 1. The van der Waals surface area contributed by atoms with Crippen molar-refractivity contribution in [1.29, 1.82) is 0 Å². The summed E-state index contributed by atoms with van der Waals surface area (Å²) in [6.07, 6.45) is 0. The number of hydrogen-bond donors (Lipinski definition) is 0. The van der Waals surface area contributed by atoms with Gasteiger partial charge in [-0.1, -0.05) is 48.2 Å². The highest BCUT2D eigenvalue weighted by Gasteiger charge is 2.16. The predicted octanol–water partition coefficient (Wildman–Crippen LogP) is 5.40. The first-order valence-corrected chi connectivity index (χ1v) is 11.4. The minimum atomic E-state index is 0.700. The van der Waals surface area contributed by atoms with Crippen LogP contribution in [0.4, 0.5) is 0 Å². The van der Waals surface area contributed by atoms with Gasteiger partial charge in [-0.15, -0.1) is 21.5 Å². The molecule has 154 valence electrons. The summed E-state index contributed by atoms with van der Waals surface area (Å²) in [6, 6.07) is 16.0. The minimum absolute atomic E-state index is 0.700. The number of thioether (sulfide) groups is 1. The summed E-state index contributed by atoms with van der Waals surface area (Å²) in [6.45, 7) is 2.92. The Balaban J connectivity index is 1.53. The Kier molecular flexibility index (Phi) is 6.35. The molecule has 0 saturated heterocycles. The quantitative estimate of drug-likeness (QED) is 0.343. The highest BCUT2D eigenvalue weighted by Crippen LogP contribution is 2.39. The van der Waals surface area contributed by atoms with E-state index in [2.05, 4.69) is 39.2 Å². The number of hydrogen-bond acceptors (Lipinski definition) is 7. The van der Waals surface area contributed by atoms with Gasteiger partial charge in [0.05, 0.1) is 25.5 Å². The number of nitrogens with zero attached hydrogens (tertiary/aromatic N) is 4. The first-order chi connectivity index (χ1) is 14.7. The Bertz CT molecular complexity index is 1130. The molecule has 0 saturated carbocycles. The van der Waals surface area contributed by atoms with Gasteiger partial charge in [0, 0.05) is 23.2 Å². The second-order valence-electron chi connectivity index (χ2n) is 6.39. The molecule has 4 aromatic rings. The van der Waals surface area contributed by atoms with Crippen LogP contribution in [-0.4, -0.2) is 34.0 Å². The van der Waals surface area contributed by atoms with Crippen molar-refractivity contribution in [1.82, 2.24) is 19.7 Å². The molecule has 30 heavy (non-hydrogen) atoms. The molecule has 0 fully saturated rings. The third-order valence-electron chi connectivity index (χ3n) is 4.60. The first-order valence-electron chi connectivity index (χ1n) is 9.52. The van der Waals surface area contributed by atoms with Gasteiger partial charge < -0.3 is 14.0 Å². The van der Waals surface area contributed by atoms with Crippen LogP contribution in [0.1, 0.15) is 12.6 Å². The van der Waals surface area contributed by atoms with Gasteiger partial charge in [0.25, 0.3) is 0 Å². The molecule has 0 aliphatic rings. The normalized spacial score (nSPS) is 10.9. The van der Waals surface area contributed by atoms with Crippen molar-refractivity contribution in [3.63, 3.8) is 0 Å². The van der Waals surface area contributed by atoms with E-state index in [1.54, 1.807) is 37.3 Å². The summed E-state index contributed by atoms with van der Waals surface area (Å²) >= 11 is 3.24. The zero-order chi connectivity index (χ0) is 20.9. The molecule has 0 atom stereocenters. The van der Waals surface area contributed by atoms with Crippen molar-refractivity contribution >= 4 is 23.1 Å². The molecule has 4 rings (SSSR count). The van der Waals surface area contributed by atoms with Crippen molar-refractivity contribution in [3.05, 3.63) is 59.6 Å². The molecule has 2 aromatic carbocycles. The number of aromatic nitrogens is 4. The van der Waals surface area contributed by atoms with Gasteiger partial charge >= 0.3 is 0 Å². The van der Waals surface area contributed by atoms with Crippen molar-refractivity contribution in [3.8, 4) is 33.5 Å². The van der Waals surface area contributed by atoms with Crippen LogP contribution in [0.15, 0.2) is 59.1 Å².